The van der Waals surface area contributed by atoms with Crippen LogP contribution in [0.3, 0.4) is 0 Å². The summed E-state index contributed by atoms with van der Waals surface area (Å²) < 4.78 is 1.91. The number of hydrogen-bond donors (Lipinski definition) is 3. The van der Waals surface area contributed by atoms with Crippen molar-refractivity contribution in [1.82, 2.24) is 20.2 Å². The predicted octanol–water partition coefficient (Wildman–Crippen LogP) is 1.98. The Hall–Kier alpha value is -2.34. The second-order valence-corrected chi connectivity index (χ2v) is 6.07. The molecule has 0 atom stereocenters. The van der Waals surface area contributed by atoms with Crippen LogP contribution in [-0.2, 0) is 6.54 Å². The van der Waals surface area contributed by atoms with Crippen molar-refractivity contribution in [2.24, 2.45) is 0 Å². The molecule has 6 heteroatoms. The number of nitrogens with zero attached hydrogens (tertiary/aromatic N) is 2. The highest BCUT2D eigenvalue weighted by molar-refractivity contribution is 5.74. The Morgan fingerprint density at radius 3 is 2.78 bits per heavy atom. The van der Waals surface area contributed by atoms with E-state index in [1.165, 1.54) is 0 Å². The minimum atomic E-state index is -0.730. The molecular weight excluding hydrogens is 292 g/mol. The molecule has 0 spiro atoms. The molecule has 2 aromatic rings. The zero-order valence-electron chi connectivity index (χ0n) is 13.0. The van der Waals surface area contributed by atoms with Crippen molar-refractivity contribution in [2.75, 3.05) is 6.54 Å². The van der Waals surface area contributed by atoms with E-state index in [0.29, 0.717) is 13.1 Å². The van der Waals surface area contributed by atoms with E-state index in [9.17, 15) is 9.90 Å². The van der Waals surface area contributed by atoms with Crippen LogP contribution in [0.25, 0.3) is 5.69 Å². The van der Waals surface area contributed by atoms with E-state index in [4.69, 9.17) is 0 Å². The van der Waals surface area contributed by atoms with Crippen molar-refractivity contribution >= 4 is 6.03 Å². The van der Waals surface area contributed by atoms with Gasteiger partial charge in [-0.2, -0.15) is 0 Å². The fraction of sp³-hybridized carbons (Fsp3) is 0.412. The number of amides is 2. The number of para-hydroxylation sites is 1. The maximum absolute atomic E-state index is 12.0. The second-order valence-electron chi connectivity index (χ2n) is 6.07. The third-order valence-corrected chi connectivity index (χ3v) is 4.33. The summed E-state index contributed by atoms with van der Waals surface area (Å²) in [4.78, 5) is 16.0. The average Bonchev–Trinajstić information content (AvgIpc) is 3.23. The summed E-state index contributed by atoms with van der Waals surface area (Å²) in [5.41, 5.74) is 1.26. The predicted molar refractivity (Wildman–Crippen MR) is 87.2 cm³/mol. The Morgan fingerprint density at radius 2 is 2.04 bits per heavy atom. The quantitative estimate of drug-likeness (QED) is 0.789. The first kappa shape index (κ1) is 15.6. The van der Waals surface area contributed by atoms with Crippen LogP contribution in [0.1, 0.15) is 31.2 Å². The van der Waals surface area contributed by atoms with Crippen molar-refractivity contribution in [3.8, 4) is 5.69 Å². The highest BCUT2D eigenvalue weighted by Gasteiger charge is 2.31. The van der Waals surface area contributed by atoms with Crippen LogP contribution in [0.5, 0.6) is 0 Å². The monoisotopic (exact) mass is 314 g/mol. The lowest BCUT2D eigenvalue weighted by molar-refractivity contribution is 0.0501. The van der Waals surface area contributed by atoms with Gasteiger partial charge in [0.2, 0.25) is 0 Å². The molecule has 1 aromatic heterocycles. The molecule has 0 unspecified atom stereocenters. The normalized spacial score (nSPS) is 16.2. The van der Waals surface area contributed by atoms with Gasteiger partial charge < -0.3 is 20.3 Å². The van der Waals surface area contributed by atoms with Gasteiger partial charge in [-0.1, -0.05) is 31.0 Å². The third-order valence-electron chi connectivity index (χ3n) is 4.33. The molecule has 0 aliphatic heterocycles. The summed E-state index contributed by atoms with van der Waals surface area (Å²) >= 11 is 0. The minimum absolute atomic E-state index is 0.259. The average molecular weight is 314 g/mol. The summed E-state index contributed by atoms with van der Waals surface area (Å²) in [6, 6.07) is 7.59. The Bertz CT molecular complexity index is 648. The number of aromatic nitrogens is 2. The summed E-state index contributed by atoms with van der Waals surface area (Å²) in [6.45, 7) is 0.723. The van der Waals surface area contributed by atoms with Crippen LogP contribution in [-0.4, -0.2) is 32.8 Å². The number of imidazole rings is 1. The zero-order valence-corrected chi connectivity index (χ0v) is 13.0. The van der Waals surface area contributed by atoms with Gasteiger partial charge in [-0.15, -0.1) is 0 Å². The number of aliphatic hydroxyl groups is 1. The molecule has 23 heavy (non-hydrogen) atoms. The van der Waals surface area contributed by atoms with Gasteiger partial charge in [-0.05, 0) is 24.5 Å². The van der Waals surface area contributed by atoms with E-state index in [0.717, 1.165) is 36.9 Å². The summed E-state index contributed by atoms with van der Waals surface area (Å²) in [6.07, 6.45) is 8.89. The van der Waals surface area contributed by atoms with Gasteiger partial charge in [0.15, 0.2) is 0 Å². The van der Waals surface area contributed by atoms with Crippen molar-refractivity contribution in [3.05, 3.63) is 48.5 Å². The standard InChI is InChI=1S/C17H22N4O2/c22-16(20-12-17(23)7-3-4-8-17)19-11-14-5-1-2-6-15(14)21-10-9-18-13-21/h1-2,5-6,9-10,13,23H,3-4,7-8,11-12H2,(H2,19,20,22). The molecule has 2 amide bonds. The number of rotatable bonds is 5. The molecule has 122 valence electrons. The lowest BCUT2D eigenvalue weighted by Crippen LogP contribution is -2.44. The van der Waals surface area contributed by atoms with Crippen LogP contribution in [0.15, 0.2) is 43.0 Å². The molecule has 0 bridgehead atoms. The Balaban J connectivity index is 1.55. The van der Waals surface area contributed by atoms with E-state index in [1.807, 2.05) is 35.0 Å². The molecule has 1 saturated carbocycles. The fourth-order valence-electron chi connectivity index (χ4n) is 3.01. The van der Waals surface area contributed by atoms with Crippen LogP contribution in [0.2, 0.25) is 0 Å². The molecule has 6 nitrogen and oxygen atoms in total. The van der Waals surface area contributed by atoms with Gasteiger partial charge in [-0.3, -0.25) is 0 Å². The number of urea groups is 1. The van der Waals surface area contributed by atoms with E-state index >= 15 is 0 Å². The topological polar surface area (TPSA) is 79.2 Å². The van der Waals surface area contributed by atoms with Crippen molar-refractivity contribution in [1.29, 1.82) is 0 Å². The molecule has 3 rings (SSSR count). The molecule has 1 aliphatic carbocycles. The summed E-state index contributed by atoms with van der Waals surface area (Å²) in [5.74, 6) is 0. The molecule has 0 radical (unpaired) electrons. The molecule has 1 aliphatic rings. The number of benzene rings is 1. The van der Waals surface area contributed by atoms with Crippen LogP contribution < -0.4 is 10.6 Å². The van der Waals surface area contributed by atoms with Gasteiger partial charge >= 0.3 is 6.03 Å². The summed E-state index contributed by atoms with van der Waals surface area (Å²) in [5, 5.41) is 15.9. The fourth-order valence-corrected chi connectivity index (χ4v) is 3.01. The number of carbonyl (C=O) groups excluding carboxylic acids is 1. The zero-order chi connectivity index (χ0) is 16.1. The van der Waals surface area contributed by atoms with Gasteiger partial charge in [0.1, 0.15) is 0 Å². The first-order chi connectivity index (χ1) is 11.2. The maximum Gasteiger partial charge on any atom is 0.315 e. The molecular formula is C17H22N4O2. The third kappa shape index (κ3) is 3.90. The first-order valence-electron chi connectivity index (χ1n) is 7.97. The first-order valence-corrected chi connectivity index (χ1v) is 7.97. The van der Waals surface area contributed by atoms with Gasteiger partial charge in [-0.25, -0.2) is 9.78 Å². The van der Waals surface area contributed by atoms with E-state index in [-0.39, 0.29) is 6.03 Å². The molecule has 1 heterocycles. The summed E-state index contributed by atoms with van der Waals surface area (Å²) in [7, 11) is 0. The molecule has 1 fully saturated rings. The van der Waals surface area contributed by atoms with Crippen LogP contribution in [0, 0.1) is 0 Å². The number of carbonyl (C=O) groups is 1. The second kappa shape index (κ2) is 6.83. The lowest BCUT2D eigenvalue weighted by atomic mass is 10.0. The maximum atomic E-state index is 12.0. The number of nitrogens with one attached hydrogen (secondary N) is 2. The SMILES string of the molecule is O=C(NCc1ccccc1-n1ccnc1)NCC1(O)CCCC1. The molecule has 1 aromatic carbocycles. The van der Waals surface area contributed by atoms with Gasteiger partial charge in [0.05, 0.1) is 17.6 Å². The Morgan fingerprint density at radius 1 is 1.26 bits per heavy atom. The Kier molecular flexibility index (Phi) is 4.62. The molecule has 3 N–H and O–H groups in total. The number of hydrogen-bond acceptors (Lipinski definition) is 3. The van der Waals surface area contributed by atoms with Gasteiger partial charge in [0, 0.05) is 25.5 Å². The van der Waals surface area contributed by atoms with Crippen molar-refractivity contribution in [2.45, 2.75) is 37.8 Å². The van der Waals surface area contributed by atoms with E-state index in [2.05, 4.69) is 15.6 Å². The largest absolute Gasteiger partial charge is 0.388 e. The smallest absolute Gasteiger partial charge is 0.315 e. The van der Waals surface area contributed by atoms with Gasteiger partial charge in [0.25, 0.3) is 0 Å². The van der Waals surface area contributed by atoms with Crippen molar-refractivity contribution < 1.29 is 9.90 Å². The highest BCUT2D eigenvalue weighted by Crippen LogP contribution is 2.28. The Labute approximate surface area is 135 Å². The van der Waals surface area contributed by atoms with Crippen LogP contribution >= 0.6 is 0 Å². The van der Waals surface area contributed by atoms with Crippen molar-refractivity contribution in [3.63, 3.8) is 0 Å². The highest BCUT2D eigenvalue weighted by atomic mass is 16.3. The van der Waals surface area contributed by atoms with Crippen LogP contribution in [0.4, 0.5) is 4.79 Å². The van der Waals surface area contributed by atoms with E-state index in [1.54, 1.807) is 12.5 Å². The molecule has 0 saturated heterocycles. The minimum Gasteiger partial charge on any atom is -0.388 e. The van der Waals surface area contributed by atoms with E-state index < -0.39 is 5.60 Å². The lowest BCUT2D eigenvalue weighted by Gasteiger charge is -2.22.